The van der Waals surface area contributed by atoms with E-state index in [0.717, 1.165) is 30.3 Å². The molecule has 0 saturated heterocycles. The van der Waals surface area contributed by atoms with Gasteiger partial charge in [0, 0.05) is 12.8 Å². The number of carboxylic acids is 1. The fourth-order valence-corrected chi connectivity index (χ4v) is 2.86. The number of nitrogens with two attached hydrogens (primary N) is 1. The Kier molecular flexibility index (Phi) is 27.6. The van der Waals surface area contributed by atoms with Crippen LogP contribution >= 0.6 is 0 Å². The molecule has 0 aliphatic rings. The van der Waals surface area contributed by atoms with Crippen molar-refractivity contribution in [2.75, 3.05) is 34.2 Å². The van der Waals surface area contributed by atoms with Gasteiger partial charge in [-0.05, 0) is 13.0 Å². The fourth-order valence-electron chi connectivity index (χ4n) is 2.86. The van der Waals surface area contributed by atoms with Crippen LogP contribution in [-0.4, -0.2) is 49.8 Å². The SMILES string of the molecule is CCCCCCCCCCCCCCCC(=O)O.C[N+](C)(C)CCCN.[Cl-]. The van der Waals surface area contributed by atoms with Crippen molar-refractivity contribution in [3.63, 3.8) is 0 Å². The van der Waals surface area contributed by atoms with Crippen LogP contribution in [0.4, 0.5) is 0 Å². The van der Waals surface area contributed by atoms with Gasteiger partial charge < -0.3 is 27.7 Å². The molecule has 0 amide bonds. The summed E-state index contributed by atoms with van der Waals surface area (Å²) in [5, 5.41) is 8.49. The minimum Gasteiger partial charge on any atom is -1.00 e. The number of aliphatic carboxylic acids is 1. The Morgan fingerprint density at radius 3 is 1.37 bits per heavy atom. The second-order valence-corrected chi connectivity index (χ2v) is 8.54. The number of carbonyl (C=O) groups is 1. The van der Waals surface area contributed by atoms with Gasteiger partial charge in [-0.3, -0.25) is 4.79 Å². The Balaban J connectivity index is -0.000000542. The predicted octanol–water partition coefficient (Wildman–Crippen LogP) is 2.60. The number of unbranched alkanes of at least 4 members (excludes halogenated alkanes) is 12. The first-order valence-corrected chi connectivity index (χ1v) is 11.1. The van der Waals surface area contributed by atoms with Crippen molar-refractivity contribution in [3.8, 4) is 0 Å². The highest BCUT2D eigenvalue weighted by atomic mass is 35.5. The highest BCUT2D eigenvalue weighted by molar-refractivity contribution is 5.66. The summed E-state index contributed by atoms with van der Waals surface area (Å²) < 4.78 is 1.02. The van der Waals surface area contributed by atoms with Gasteiger partial charge in [0.05, 0.1) is 27.7 Å². The molecular formula is C22H49ClN2O2. The molecule has 0 rings (SSSR count). The van der Waals surface area contributed by atoms with E-state index < -0.39 is 5.97 Å². The lowest BCUT2D eigenvalue weighted by Crippen LogP contribution is -3.00. The van der Waals surface area contributed by atoms with E-state index in [9.17, 15) is 4.79 Å². The normalized spacial score (nSPS) is 10.7. The molecule has 0 saturated carbocycles. The molecule has 0 aromatic carbocycles. The molecule has 0 aliphatic heterocycles. The summed E-state index contributed by atoms with van der Waals surface area (Å²) in [5.74, 6) is -0.655. The van der Waals surface area contributed by atoms with Gasteiger partial charge in [-0.25, -0.2) is 0 Å². The van der Waals surface area contributed by atoms with Crippen LogP contribution in [0.5, 0.6) is 0 Å². The molecule has 0 unspecified atom stereocenters. The topological polar surface area (TPSA) is 63.3 Å². The summed E-state index contributed by atoms with van der Waals surface area (Å²) in [5.41, 5.74) is 5.33. The Bertz CT molecular complexity index is 295. The van der Waals surface area contributed by atoms with Gasteiger partial charge in [-0.15, -0.1) is 0 Å². The van der Waals surface area contributed by atoms with E-state index in [1.165, 1.54) is 77.2 Å². The molecule has 166 valence electrons. The van der Waals surface area contributed by atoms with Gasteiger partial charge in [-0.1, -0.05) is 84.0 Å². The number of rotatable bonds is 17. The highest BCUT2D eigenvalue weighted by Gasteiger charge is 2.03. The zero-order chi connectivity index (χ0) is 20.1. The third-order valence-electron chi connectivity index (χ3n) is 4.53. The maximum absolute atomic E-state index is 10.3. The number of hydrogen-bond acceptors (Lipinski definition) is 2. The summed E-state index contributed by atoms with van der Waals surface area (Å²) in [6.07, 6.45) is 18.4. The van der Waals surface area contributed by atoms with Crippen LogP contribution in [0.2, 0.25) is 0 Å². The maximum atomic E-state index is 10.3. The third kappa shape index (κ3) is 37.2. The largest absolute Gasteiger partial charge is 1.00 e. The lowest BCUT2D eigenvalue weighted by atomic mass is 10.0. The standard InChI is InChI=1S/C16H32O2.C6H17N2.ClH/c1-2-3-4-5-6-7-8-9-10-11-12-13-14-15-16(17)18;1-8(2,3)6-4-5-7;/h2-15H2,1H3,(H,17,18);4-7H2,1-3H3;1H/q;+1;/p-1. The first-order chi connectivity index (χ1) is 12.3. The predicted molar refractivity (Wildman–Crippen MR) is 115 cm³/mol. The van der Waals surface area contributed by atoms with E-state index in [2.05, 4.69) is 28.1 Å². The number of hydrogen-bond donors (Lipinski definition) is 2. The van der Waals surface area contributed by atoms with Gasteiger partial charge in [0.2, 0.25) is 0 Å². The molecular weight excluding hydrogens is 360 g/mol. The van der Waals surface area contributed by atoms with Gasteiger partial charge in [-0.2, -0.15) is 0 Å². The van der Waals surface area contributed by atoms with Gasteiger partial charge in [0.1, 0.15) is 0 Å². The van der Waals surface area contributed by atoms with Crippen molar-refractivity contribution in [3.05, 3.63) is 0 Å². The van der Waals surface area contributed by atoms with Crippen LogP contribution in [0, 0.1) is 0 Å². The van der Waals surface area contributed by atoms with Crippen molar-refractivity contribution in [2.24, 2.45) is 5.73 Å². The summed E-state index contributed by atoms with van der Waals surface area (Å²) in [4.78, 5) is 10.3. The van der Waals surface area contributed by atoms with Crippen LogP contribution in [0.3, 0.4) is 0 Å². The van der Waals surface area contributed by atoms with Crippen LogP contribution in [-0.2, 0) is 4.79 Å². The molecule has 4 nitrogen and oxygen atoms in total. The molecule has 0 spiro atoms. The molecule has 0 aromatic heterocycles. The number of nitrogens with zero attached hydrogens (tertiary/aromatic N) is 1. The second kappa shape index (κ2) is 23.7. The molecule has 0 atom stereocenters. The lowest BCUT2D eigenvalue weighted by molar-refractivity contribution is -0.870. The van der Waals surface area contributed by atoms with E-state index in [1.54, 1.807) is 0 Å². The first-order valence-electron chi connectivity index (χ1n) is 11.1. The lowest BCUT2D eigenvalue weighted by Gasteiger charge is -2.23. The Morgan fingerprint density at radius 2 is 1.11 bits per heavy atom. The molecule has 0 heterocycles. The average Bonchev–Trinajstić information content (AvgIpc) is 2.57. The van der Waals surface area contributed by atoms with Crippen molar-refractivity contribution in [1.82, 2.24) is 0 Å². The summed E-state index contributed by atoms with van der Waals surface area (Å²) in [7, 11) is 6.53. The Hall–Kier alpha value is -0.320. The Morgan fingerprint density at radius 1 is 0.741 bits per heavy atom. The van der Waals surface area contributed by atoms with E-state index >= 15 is 0 Å². The summed E-state index contributed by atoms with van der Waals surface area (Å²) in [6, 6.07) is 0. The highest BCUT2D eigenvalue weighted by Crippen LogP contribution is 2.12. The maximum Gasteiger partial charge on any atom is 0.303 e. The number of halogens is 1. The van der Waals surface area contributed by atoms with Crippen LogP contribution in [0.15, 0.2) is 0 Å². The molecule has 3 N–H and O–H groups in total. The first kappa shape index (κ1) is 31.4. The molecule has 0 aliphatic carbocycles. The quantitative estimate of drug-likeness (QED) is 0.287. The zero-order valence-electron chi connectivity index (χ0n) is 18.8. The van der Waals surface area contributed by atoms with E-state index in [4.69, 9.17) is 10.8 Å². The van der Waals surface area contributed by atoms with Gasteiger partial charge in [0.25, 0.3) is 0 Å². The molecule has 0 fully saturated rings. The molecule has 0 bridgehead atoms. The van der Waals surface area contributed by atoms with Crippen LogP contribution in [0.1, 0.15) is 103 Å². The summed E-state index contributed by atoms with van der Waals surface area (Å²) >= 11 is 0. The molecule has 0 aromatic rings. The molecule has 5 heteroatoms. The van der Waals surface area contributed by atoms with E-state index in [0.29, 0.717) is 6.42 Å². The van der Waals surface area contributed by atoms with E-state index in [-0.39, 0.29) is 12.4 Å². The van der Waals surface area contributed by atoms with Gasteiger partial charge >= 0.3 is 5.97 Å². The van der Waals surface area contributed by atoms with Crippen molar-refractivity contribution in [2.45, 2.75) is 103 Å². The van der Waals surface area contributed by atoms with Crippen LogP contribution in [0.25, 0.3) is 0 Å². The number of quaternary nitrogens is 1. The monoisotopic (exact) mass is 408 g/mol. The summed E-state index contributed by atoms with van der Waals surface area (Å²) in [6.45, 7) is 4.25. The zero-order valence-corrected chi connectivity index (χ0v) is 19.5. The molecule has 27 heavy (non-hydrogen) atoms. The van der Waals surface area contributed by atoms with Crippen molar-refractivity contribution in [1.29, 1.82) is 0 Å². The van der Waals surface area contributed by atoms with Crippen molar-refractivity contribution < 1.29 is 26.8 Å². The van der Waals surface area contributed by atoms with Crippen molar-refractivity contribution >= 4 is 5.97 Å². The number of carboxylic acid groups (broad SMARTS) is 1. The smallest absolute Gasteiger partial charge is 0.303 e. The second-order valence-electron chi connectivity index (χ2n) is 8.54. The molecule has 0 radical (unpaired) electrons. The third-order valence-corrected chi connectivity index (χ3v) is 4.53. The van der Waals surface area contributed by atoms with Gasteiger partial charge in [0.15, 0.2) is 0 Å². The minimum atomic E-state index is -0.655. The average molecular weight is 409 g/mol. The van der Waals surface area contributed by atoms with E-state index in [1.807, 2.05) is 0 Å². The minimum absolute atomic E-state index is 0. The Labute approximate surface area is 176 Å². The fraction of sp³-hybridized carbons (Fsp3) is 0.955. The van der Waals surface area contributed by atoms with Crippen LogP contribution < -0.4 is 18.1 Å².